The summed E-state index contributed by atoms with van der Waals surface area (Å²) >= 11 is 6.70. The van der Waals surface area contributed by atoms with Crippen LogP contribution in [0.4, 0.5) is 5.69 Å². The van der Waals surface area contributed by atoms with Gasteiger partial charge in [0.15, 0.2) is 9.84 Å². The zero-order valence-corrected chi connectivity index (χ0v) is 17.4. The van der Waals surface area contributed by atoms with Crippen molar-refractivity contribution in [2.24, 2.45) is 0 Å². The number of halogens is 1. The summed E-state index contributed by atoms with van der Waals surface area (Å²) in [5.74, 6) is 0.150. The van der Waals surface area contributed by atoms with Crippen LogP contribution in [0.15, 0.2) is 24.3 Å². The van der Waals surface area contributed by atoms with Gasteiger partial charge in [0.1, 0.15) is 11.3 Å². The van der Waals surface area contributed by atoms with E-state index in [0.29, 0.717) is 29.4 Å². The summed E-state index contributed by atoms with van der Waals surface area (Å²) in [4.78, 5) is 14.9. The summed E-state index contributed by atoms with van der Waals surface area (Å²) in [6.45, 7) is 4.44. The Kier molecular flexibility index (Phi) is 4.87. The maximum Gasteiger partial charge on any atom is 0.257 e. The molecule has 4 rings (SSSR count). The lowest BCUT2D eigenvalue weighted by Gasteiger charge is -2.38. The average molecular weight is 423 g/mol. The molecule has 1 aromatic heterocycles. The number of carbonyl (C=O) groups is 1. The lowest BCUT2D eigenvalue weighted by atomic mass is 10.0. The van der Waals surface area contributed by atoms with Crippen LogP contribution in [-0.2, 0) is 9.84 Å². The van der Waals surface area contributed by atoms with Crippen molar-refractivity contribution in [3.63, 3.8) is 0 Å². The molecule has 9 heteroatoms. The van der Waals surface area contributed by atoms with E-state index in [0.717, 1.165) is 17.7 Å². The van der Waals surface area contributed by atoms with Gasteiger partial charge in [0, 0.05) is 12.2 Å². The minimum atomic E-state index is -3.06. The second-order valence-electron chi connectivity index (χ2n) is 7.38. The van der Waals surface area contributed by atoms with E-state index < -0.39 is 16.0 Å². The van der Waals surface area contributed by atoms with Crippen LogP contribution in [0.1, 0.15) is 53.6 Å². The van der Waals surface area contributed by atoms with Crippen LogP contribution in [0.25, 0.3) is 0 Å². The first kappa shape index (κ1) is 19.3. The number of nitrogens with zero attached hydrogens (tertiary/aromatic N) is 3. The molecule has 0 spiro atoms. The standard InChI is InChI=1S/C19H23ClN4O3S/c1-3-9-23-18(21-15-7-5-4-6-14(15)19(23)25)16-12(2)22-24(17(16)20)13-8-10-28(26,27)11-13/h4-7,13,18,21H,3,8-11H2,1-2H3/t13-,18+/m0/s1. The second-order valence-corrected chi connectivity index (χ2v) is 9.97. The number of aromatic nitrogens is 2. The van der Waals surface area contributed by atoms with Crippen molar-refractivity contribution in [1.82, 2.24) is 14.7 Å². The third kappa shape index (κ3) is 3.18. The minimum absolute atomic E-state index is 0.0474. The third-order valence-electron chi connectivity index (χ3n) is 5.39. The maximum absolute atomic E-state index is 13.1. The number of nitrogens with one attached hydrogen (secondary N) is 1. The monoisotopic (exact) mass is 422 g/mol. The van der Waals surface area contributed by atoms with Crippen molar-refractivity contribution in [3.05, 3.63) is 46.2 Å². The van der Waals surface area contributed by atoms with Crippen molar-refractivity contribution >= 4 is 33.0 Å². The highest BCUT2D eigenvalue weighted by atomic mass is 35.5. The zero-order valence-electron chi connectivity index (χ0n) is 15.9. The van der Waals surface area contributed by atoms with E-state index in [1.54, 1.807) is 9.58 Å². The molecule has 1 aromatic carbocycles. The number of carbonyl (C=O) groups excluding carboxylic acids is 1. The van der Waals surface area contributed by atoms with E-state index in [-0.39, 0.29) is 23.5 Å². The molecule has 0 bridgehead atoms. The fourth-order valence-electron chi connectivity index (χ4n) is 4.05. The Labute approximate surface area is 169 Å². The van der Waals surface area contributed by atoms with Gasteiger partial charge in [-0.15, -0.1) is 0 Å². The number of amides is 1. The number of para-hydroxylation sites is 1. The van der Waals surface area contributed by atoms with Gasteiger partial charge in [0.2, 0.25) is 0 Å². The molecule has 0 saturated carbocycles. The highest BCUT2D eigenvalue weighted by molar-refractivity contribution is 7.91. The van der Waals surface area contributed by atoms with E-state index in [9.17, 15) is 13.2 Å². The summed E-state index contributed by atoms with van der Waals surface area (Å²) < 4.78 is 25.4. The Morgan fingerprint density at radius 1 is 1.32 bits per heavy atom. The topological polar surface area (TPSA) is 84.3 Å². The smallest absolute Gasteiger partial charge is 0.257 e. The summed E-state index contributed by atoms with van der Waals surface area (Å²) in [5, 5.41) is 8.37. The number of hydrogen-bond donors (Lipinski definition) is 1. The van der Waals surface area contributed by atoms with E-state index in [2.05, 4.69) is 10.4 Å². The Morgan fingerprint density at radius 3 is 2.75 bits per heavy atom. The quantitative estimate of drug-likeness (QED) is 0.817. The molecular weight excluding hydrogens is 400 g/mol. The number of anilines is 1. The van der Waals surface area contributed by atoms with E-state index in [1.165, 1.54) is 0 Å². The molecule has 1 N–H and O–H groups in total. The molecule has 2 aromatic rings. The van der Waals surface area contributed by atoms with Gasteiger partial charge in [0.25, 0.3) is 5.91 Å². The Hall–Kier alpha value is -2.06. The molecule has 28 heavy (non-hydrogen) atoms. The first-order valence-corrected chi connectivity index (χ1v) is 11.6. The zero-order chi connectivity index (χ0) is 20.1. The number of benzene rings is 1. The molecular formula is C19H23ClN4O3S. The predicted molar refractivity (Wildman–Crippen MR) is 108 cm³/mol. The van der Waals surface area contributed by atoms with Gasteiger partial charge < -0.3 is 10.2 Å². The molecule has 0 unspecified atom stereocenters. The third-order valence-corrected chi connectivity index (χ3v) is 7.51. The summed E-state index contributed by atoms with van der Waals surface area (Å²) in [7, 11) is -3.06. The van der Waals surface area contributed by atoms with Gasteiger partial charge in [-0.3, -0.25) is 4.79 Å². The number of fused-ring (bicyclic) bond motifs is 1. The highest BCUT2D eigenvalue weighted by Crippen LogP contribution is 2.39. The molecule has 1 saturated heterocycles. The largest absolute Gasteiger partial charge is 0.361 e. The Balaban J connectivity index is 1.76. The molecule has 1 fully saturated rings. The van der Waals surface area contributed by atoms with Crippen LogP contribution in [0.2, 0.25) is 5.15 Å². The van der Waals surface area contributed by atoms with Gasteiger partial charge in [0.05, 0.1) is 34.4 Å². The van der Waals surface area contributed by atoms with Gasteiger partial charge in [-0.1, -0.05) is 30.7 Å². The van der Waals surface area contributed by atoms with Crippen LogP contribution in [0.3, 0.4) is 0 Å². The van der Waals surface area contributed by atoms with Crippen molar-refractivity contribution in [2.75, 3.05) is 23.4 Å². The lowest BCUT2D eigenvalue weighted by Crippen LogP contribution is -2.43. The van der Waals surface area contributed by atoms with Gasteiger partial charge >= 0.3 is 0 Å². The molecule has 3 heterocycles. The molecule has 7 nitrogen and oxygen atoms in total. The molecule has 1 amide bonds. The molecule has 0 radical (unpaired) electrons. The number of aryl methyl sites for hydroxylation is 1. The van der Waals surface area contributed by atoms with Crippen LogP contribution in [0, 0.1) is 6.92 Å². The first-order chi connectivity index (χ1) is 13.3. The van der Waals surface area contributed by atoms with E-state index >= 15 is 0 Å². The normalized spacial score (nSPS) is 23.5. The van der Waals surface area contributed by atoms with Crippen molar-refractivity contribution in [1.29, 1.82) is 0 Å². The van der Waals surface area contributed by atoms with Crippen LogP contribution in [-0.4, -0.2) is 47.1 Å². The van der Waals surface area contributed by atoms with Crippen LogP contribution < -0.4 is 5.32 Å². The fourth-order valence-corrected chi connectivity index (χ4v) is 6.15. The molecule has 0 aliphatic carbocycles. The molecule has 2 aliphatic heterocycles. The SMILES string of the molecule is CCCN1C(=O)c2ccccc2N[C@H]1c1c(C)nn([C@H]2CCS(=O)(=O)C2)c1Cl. The Morgan fingerprint density at radius 2 is 2.07 bits per heavy atom. The lowest BCUT2D eigenvalue weighted by molar-refractivity contribution is 0.0683. The van der Waals surface area contributed by atoms with Crippen LogP contribution >= 0.6 is 11.6 Å². The van der Waals surface area contributed by atoms with Gasteiger partial charge in [-0.2, -0.15) is 5.10 Å². The summed E-state index contributed by atoms with van der Waals surface area (Å²) in [6.07, 6.45) is 0.862. The summed E-state index contributed by atoms with van der Waals surface area (Å²) in [6, 6.07) is 7.15. The first-order valence-electron chi connectivity index (χ1n) is 9.44. The highest BCUT2D eigenvalue weighted by Gasteiger charge is 2.38. The van der Waals surface area contributed by atoms with Gasteiger partial charge in [-0.05, 0) is 31.9 Å². The molecule has 150 valence electrons. The maximum atomic E-state index is 13.1. The molecule has 2 atom stereocenters. The Bertz CT molecular complexity index is 1030. The molecule has 2 aliphatic rings. The van der Waals surface area contributed by atoms with E-state index in [1.807, 2.05) is 38.1 Å². The average Bonchev–Trinajstić information content (AvgIpc) is 3.16. The van der Waals surface area contributed by atoms with Crippen molar-refractivity contribution in [3.8, 4) is 0 Å². The van der Waals surface area contributed by atoms with Crippen LogP contribution in [0.5, 0.6) is 0 Å². The summed E-state index contributed by atoms with van der Waals surface area (Å²) in [5.41, 5.74) is 2.81. The predicted octanol–water partition coefficient (Wildman–Crippen LogP) is 3.18. The van der Waals surface area contributed by atoms with Crippen molar-refractivity contribution in [2.45, 2.75) is 38.9 Å². The second kappa shape index (κ2) is 7.08. The van der Waals surface area contributed by atoms with E-state index in [4.69, 9.17) is 11.6 Å². The fraction of sp³-hybridized carbons (Fsp3) is 0.474. The number of sulfone groups is 1. The van der Waals surface area contributed by atoms with Crippen molar-refractivity contribution < 1.29 is 13.2 Å². The number of hydrogen-bond acceptors (Lipinski definition) is 5. The number of rotatable bonds is 4. The minimum Gasteiger partial charge on any atom is -0.361 e. The van der Waals surface area contributed by atoms with Gasteiger partial charge in [-0.25, -0.2) is 13.1 Å².